The molecule has 2 aliphatic heterocycles. The molecule has 3 heterocycles. The van der Waals surface area contributed by atoms with Gasteiger partial charge >= 0.3 is 6.18 Å². The average molecular weight is 456 g/mol. The Morgan fingerprint density at radius 3 is 2.58 bits per heavy atom. The maximum absolute atomic E-state index is 13.1. The largest absolute Gasteiger partial charge is 0.496 e. The Labute approximate surface area is 185 Å². The first kappa shape index (κ1) is 23.3. The number of aromatic nitrogens is 1. The number of halogens is 4. The molecule has 1 aromatic carbocycles. The SMILES string of the molecule is COc1cc(C(F)(F)F)ccc1-c1cc([C@H]2CC[C@@]3(CCN(C)C3=O)N2)ncc1C.Cl. The number of carbonyl (C=O) groups is 1. The zero-order valence-corrected chi connectivity index (χ0v) is 18.4. The third-order valence-electron chi connectivity index (χ3n) is 6.24. The highest BCUT2D eigenvalue weighted by molar-refractivity contribution is 5.88. The summed E-state index contributed by atoms with van der Waals surface area (Å²) in [5, 5.41) is 3.48. The Morgan fingerprint density at radius 2 is 1.97 bits per heavy atom. The lowest BCUT2D eigenvalue weighted by molar-refractivity contribution is -0.137. The van der Waals surface area contributed by atoms with E-state index in [0.717, 1.165) is 54.8 Å². The number of alkyl halides is 3. The number of hydrogen-bond donors (Lipinski definition) is 1. The van der Waals surface area contributed by atoms with Gasteiger partial charge in [-0.15, -0.1) is 12.4 Å². The van der Waals surface area contributed by atoms with Gasteiger partial charge in [0.05, 0.1) is 24.4 Å². The zero-order valence-electron chi connectivity index (χ0n) is 17.5. The number of likely N-dealkylation sites (tertiary alicyclic amines) is 1. The van der Waals surface area contributed by atoms with E-state index in [1.807, 2.05) is 20.0 Å². The lowest BCUT2D eigenvalue weighted by Crippen LogP contribution is -2.47. The fraction of sp³-hybridized carbons (Fsp3) is 0.455. The Balaban J connectivity index is 0.00000272. The van der Waals surface area contributed by atoms with Gasteiger partial charge in [-0.2, -0.15) is 13.2 Å². The highest BCUT2D eigenvalue weighted by Crippen LogP contribution is 2.41. The zero-order chi connectivity index (χ0) is 21.7. The number of rotatable bonds is 3. The average Bonchev–Trinajstić information content (AvgIpc) is 3.27. The number of nitrogens with one attached hydrogen (secondary N) is 1. The molecular weight excluding hydrogens is 431 g/mol. The number of ether oxygens (including phenoxy) is 1. The standard InChI is InChI=1S/C22H24F3N3O2.ClH/c1-13-12-26-18(17-6-7-21(27-17)8-9-28(2)20(21)29)11-16(13)15-5-4-14(22(23,24)25)10-19(15)30-3;/h4-5,10-12,17,27H,6-9H2,1-3H3;1H/t17-,21+;/m1./s1. The van der Waals surface area contributed by atoms with Crippen LogP contribution in [0.15, 0.2) is 30.5 Å². The van der Waals surface area contributed by atoms with Crippen molar-refractivity contribution in [3.05, 3.63) is 47.3 Å². The van der Waals surface area contributed by atoms with Crippen LogP contribution in [-0.4, -0.2) is 42.0 Å². The second-order valence-corrected chi connectivity index (χ2v) is 8.13. The van der Waals surface area contributed by atoms with Crippen molar-refractivity contribution >= 4 is 18.3 Å². The summed E-state index contributed by atoms with van der Waals surface area (Å²) in [5.74, 6) is 0.273. The van der Waals surface area contributed by atoms with Gasteiger partial charge in [0.15, 0.2) is 0 Å². The molecule has 9 heteroatoms. The molecule has 1 N–H and O–H groups in total. The highest BCUT2D eigenvalue weighted by Gasteiger charge is 2.50. The van der Waals surface area contributed by atoms with Gasteiger partial charge in [-0.25, -0.2) is 0 Å². The topological polar surface area (TPSA) is 54.5 Å². The molecule has 0 aliphatic carbocycles. The Hall–Kier alpha value is -2.32. The molecule has 2 aliphatic rings. The molecule has 1 amide bonds. The van der Waals surface area contributed by atoms with Gasteiger partial charge in [-0.3, -0.25) is 15.1 Å². The van der Waals surface area contributed by atoms with E-state index < -0.39 is 17.3 Å². The first-order chi connectivity index (χ1) is 14.1. The normalized spacial score (nSPS) is 23.4. The minimum Gasteiger partial charge on any atom is -0.496 e. The number of hydrogen-bond acceptors (Lipinski definition) is 4. The number of methoxy groups -OCH3 is 1. The maximum Gasteiger partial charge on any atom is 0.416 e. The number of amides is 1. The molecule has 2 aromatic rings. The van der Waals surface area contributed by atoms with Crippen molar-refractivity contribution in [1.82, 2.24) is 15.2 Å². The van der Waals surface area contributed by atoms with Crippen LogP contribution in [0.3, 0.4) is 0 Å². The van der Waals surface area contributed by atoms with E-state index in [1.54, 1.807) is 11.1 Å². The summed E-state index contributed by atoms with van der Waals surface area (Å²) in [6, 6.07) is 5.32. The van der Waals surface area contributed by atoms with Crippen molar-refractivity contribution in [2.24, 2.45) is 0 Å². The molecule has 0 bridgehead atoms. The quantitative estimate of drug-likeness (QED) is 0.738. The fourth-order valence-corrected chi connectivity index (χ4v) is 4.50. The molecule has 1 aromatic heterocycles. The van der Waals surface area contributed by atoms with Crippen LogP contribution in [0.4, 0.5) is 13.2 Å². The van der Waals surface area contributed by atoms with E-state index in [-0.39, 0.29) is 30.1 Å². The second-order valence-electron chi connectivity index (χ2n) is 8.13. The van der Waals surface area contributed by atoms with Gasteiger partial charge in [-0.1, -0.05) is 6.07 Å². The minimum absolute atomic E-state index is 0. The Bertz CT molecular complexity index is 998. The van der Waals surface area contributed by atoms with Gasteiger partial charge in [0.2, 0.25) is 5.91 Å². The molecule has 5 nitrogen and oxygen atoms in total. The number of nitrogens with zero attached hydrogens (tertiary/aromatic N) is 2. The summed E-state index contributed by atoms with van der Waals surface area (Å²) < 4.78 is 44.5. The summed E-state index contributed by atoms with van der Waals surface area (Å²) in [6.45, 7) is 2.59. The number of aryl methyl sites for hydroxylation is 1. The predicted molar refractivity (Wildman–Crippen MR) is 113 cm³/mol. The molecular formula is C22H25ClF3N3O2. The van der Waals surface area contributed by atoms with Gasteiger partial charge in [0.1, 0.15) is 11.3 Å². The summed E-state index contributed by atoms with van der Waals surface area (Å²) in [4.78, 5) is 18.9. The van der Waals surface area contributed by atoms with Crippen LogP contribution in [0.25, 0.3) is 11.1 Å². The fourth-order valence-electron chi connectivity index (χ4n) is 4.50. The van der Waals surface area contributed by atoms with Crippen LogP contribution in [0, 0.1) is 6.92 Å². The highest BCUT2D eigenvalue weighted by atomic mass is 35.5. The van der Waals surface area contributed by atoms with E-state index in [2.05, 4.69) is 10.3 Å². The summed E-state index contributed by atoms with van der Waals surface area (Å²) >= 11 is 0. The van der Waals surface area contributed by atoms with Crippen LogP contribution >= 0.6 is 12.4 Å². The molecule has 0 saturated carbocycles. The third kappa shape index (κ3) is 4.11. The minimum atomic E-state index is -4.44. The molecule has 1 spiro atoms. The molecule has 31 heavy (non-hydrogen) atoms. The van der Waals surface area contributed by atoms with Crippen LogP contribution < -0.4 is 10.1 Å². The summed E-state index contributed by atoms with van der Waals surface area (Å²) in [6.07, 6.45) is -0.427. The molecule has 2 saturated heterocycles. The lowest BCUT2D eigenvalue weighted by atomic mass is 9.95. The number of benzene rings is 1. The monoisotopic (exact) mass is 455 g/mol. The van der Waals surface area contributed by atoms with Crippen molar-refractivity contribution in [3.63, 3.8) is 0 Å². The van der Waals surface area contributed by atoms with E-state index in [9.17, 15) is 18.0 Å². The molecule has 2 fully saturated rings. The lowest BCUT2D eigenvalue weighted by Gasteiger charge is -2.23. The van der Waals surface area contributed by atoms with Crippen molar-refractivity contribution < 1.29 is 22.7 Å². The van der Waals surface area contributed by atoms with Crippen molar-refractivity contribution in [1.29, 1.82) is 0 Å². The Morgan fingerprint density at radius 1 is 1.23 bits per heavy atom. The summed E-state index contributed by atoms with van der Waals surface area (Å²) in [7, 11) is 3.17. The second kappa shape index (κ2) is 8.31. The van der Waals surface area contributed by atoms with Crippen LogP contribution in [0.2, 0.25) is 0 Å². The van der Waals surface area contributed by atoms with Gasteiger partial charge in [0, 0.05) is 25.4 Å². The molecule has 168 valence electrons. The van der Waals surface area contributed by atoms with Crippen LogP contribution in [0.5, 0.6) is 5.75 Å². The molecule has 0 radical (unpaired) electrons. The first-order valence-corrected chi connectivity index (χ1v) is 9.90. The Kier molecular flexibility index (Phi) is 6.26. The van der Waals surface area contributed by atoms with Crippen molar-refractivity contribution in [3.8, 4) is 16.9 Å². The predicted octanol–water partition coefficient (Wildman–Crippen LogP) is 4.53. The van der Waals surface area contributed by atoms with Gasteiger partial charge in [-0.05, 0) is 55.5 Å². The van der Waals surface area contributed by atoms with Crippen LogP contribution in [0.1, 0.15) is 42.1 Å². The van der Waals surface area contributed by atoms with E-state index in [1.165, 1.54) is 13.2 Å². The van der Waals surface area contributed by atoms with Crippen LogP contribution in [-0.2, 0) is 11.0 Å². The van der Waals surface area contributed by atoms with Crippen molar-refractivity contribution in [2.45, 2.75) is 43.9 Å². The van der Waals surface area contributed by atoms with Gasteiger partial charge in [0.25, 0.3) is 0 Å². The third-order valence-corrected chi connectivity index (χ3v) is 6.24. The van der Waals surface area contributed by atoms with Gasteiger partial charge < -0.3 is 9.64 Å². The van der Waals surface area contributed by atoms with E-state index >= 15 is 0 Å². The van der Waals surface area contributed by atoms with Crippen molar-refractivity contribution in [2.75, 3.05) is 20.7 Å². The molecule has 0 unspecified atom stereocenters. The molecule has 2 atom stereocenters. The molecule has 4 rings (SSSR count). The maximum atomic E-state index is 13.1. The van der Waals surface area contributed by atoms with E-state index in [4.69, 9.17) is 4.74 Å². The summed E-state index contributed by atoms with van der Waals surface area (Å²) in [5.41, 5.74) is 1.67. The number of carbonyl (C=O) groups excluding carboxylic acids is 1. The first-order valence-electron chi connectivity index (χ1n) is 9.90. The number of likely N-dealkylation sites (N-methyl/N-ethyl adjacent to an activating group) is 1. The smallest absolute Gasteiger partial charge is 0.416 e. The van der Waals surface area contributed by atoms with E-state index in [0.29, 0.717) is 5.56 Å². The number of pyridine rings is 1.